The van der Waals surface area contributed by atoms with Crippen LogP contribution in [0.3, 0.4) is 0 Å². The molecule has 0 N–H and O–H groups in total. The normalized spacial score (nSPS) is 13.5. The molecule has 3 rings (SSSR count). The van der Waals surface area contributed by atoms with Crippen molar-refractivity contribution in [3.05, 3.63) is 94.9 Å². The summed E-state index contributed by atoms with van der Waals surface area (Å²) in [7, 11) is 0. The Hall–Kier alpha value is -3.11. The average molecular weight is 519 g/mol. The van der Waals surface area contributed by atoms with Gasteiger partial charge in [0.15, 0.2) is 0 Å². The highest BCUT2D eigenvalue weighted by molar-refractivity contribution is 5.15. The lowest BCUT2D eigenvalue weighted by Crippen LogP contribution is -2.22. The summed E-state index contributed by atoms with van der Waals surface area (Å²) in [6.07, 6.45) is 16.3. The number of nitrogens with zero attached hydrogens (tertiary/aromatic N) is 6. The number of hydrogen-bond acceptors (Lipinski definition) is 4. The van der Waals surface area contributed by atoms with E-state index in [1.165, 1.54) is 56.1 Å². The zero-order chi connectivity index (χ0) is 27.5. The standard InChI is InChI=1S/C16H25N3.C10H12.C6H13N3/c1-2-3-4-8-13-19-14-16(17-18-19)12-11-15-9-6-5-7-10-15;1-2-3-7-10-8-5-4-6-9-10;1-2-3-4-5-6-8-9-7/h5-7,9-10,16H,2-4,8,11-14H2,1H3;2,4-6,8-9H,1,3,7H2;2-6H2,1H3. The molecule has 1 aliphatic heterocycles. The highest BCUT2D eigenvalue weighted by atomic mass is 15.6. The fourth-order valence-electron chi connectivity index (χ4n) is 4.01. The predicted molar refractivity (Wildman–Crippen MR) is 162 cm³/mol. The van der Waals surface area contributed by atoms with E-state index in [1.807, 2.05) is 12.1 Å². The van der Waals surface area contributed by atoms with Crippen LogP contribution in [0.2, 0.25) is 0 Å². The van der Waals surface area contributed by atoms with E-state index in [4.69, 9.17) is 5.53 Å². The van der Waals surface area contributed by atoms with E-state index in [0.29, 0.717) is 12.6 Å². The van der Waals surface area contributed by atoms with Gasteiger partial charge in [-0.25, -0.2) is 0 Å². The van der Waals surface area contributed by atoms with Crippen LogP contribution >= 0.6 is 0 Å². The Balaban J connectivity index is 0.000000320. The summed E-state index contributed by atoms with van der Waals surface area (Å²) in [5, 5.41) is 14.2. The molecule has 0 saturated carbocycles. The molecule has 2 aromatic rings. The Labute approximate surface area is 231 Å². The third kappa shape index (κ3) is 18.2. The van der Waals surface area contributed by atoms with Gasteiger partial charge in [-0.3, -0.25) is 5.01 Å². The van der Waals surface area contributed by atoms with E-state index in [-0.39, 0.29) is 0 Å². The first-order chi connectivity index (χ1) is 18.7. The summed E-state index contributed by atoms with van der Waals surface area (Å²) in [5.74, 6) is 0. The summed E-state index contributed by atoms with van der Waals surface area (Å²) < 4.78 is 0. The van der Waals surface area contributed by atoms with Crippen LogP contribution in [0.4, 0.5) is 0 Å². The van der Waals surface area contributed by atoms with E-state index < -0.39 is 0 Å². The first-order valence-corrected chi connectivity index (χ1v) is 14.6. The Morgan fingerprint density at radius 2 is 1.50 bits per heavy atom. The molecule has 0 spiro atoms. The summed E-state index contributed by atoms with van der Waals surface area (Å²) in [6, 6.07) is 21.5. The van der Waals surface area contributed by atoms with Crippen molar-refractivity contribution in [1.82, 2.24) is 5.01 Å². The molecule has 0 amide bonds. The van der Waals surface area contributed by atoms with Crippen molar-refractivity contribution in [3.8, 4) is 0 Å². The molecule has 1 unspecified atom stereocenters. The van der Waals surface area contributed by atoms with Crippen molar-refractivity contribution in [3.63, 3.8) is 0 Å². The zero-order valence-electron chi connectivity index (χ0n) is 23.9. The van der Waals surface area contributed by atoms with Gasteiger partial charge in [-0.2, -0.15) is 5.11 Å². The lowest BCUT2D eigenvalue weighted by molar-refractivity contribution is 0.297. The van der Waals surface area contributed by atoms with Crippen molar-refractivity contribution in [2.45, 2.75) is 96.9 Å². The van der Waals surface area contributed by atoms with Crippen LogP contribution < -0.4 is 0 Å². The van der Waals surface area contributed by atoms with E-state index in [2.05, 4.69) is 100 Å². The monoisotopic (exact) mass is 518 g/mol. The quantitative estimate of drug-likeness (QED) is 0.0716. The summed E-state index contributed by atoms with van der Waals surface area (Å²) in [6.45, 7) is 10.8. The zero-order valence-corrected chi connectivity index (χ0v) is 23.9. The number of benzene rings is 2. The molecular weight excluding hydrogens is 468 g/mol. The minimum atomic E-state index is 0.395. The first-order valence-electron chi connectivity index (χ1n) is 14.6. The van der Waals surface area contributed by atoms with Gasteiger partial charge in [0.25, 0.3) is 0 Å². The number of unbranched alkanes of at least 4 members (excludes halogenated alkanes) is 6. The van der Waals surface area contributed by atoms with Gasteiger partial charge in [0, 0.05) is 18.0 Å². The smallest absolute Gasteiger partial charge is 0.0924 e. The SMILES string of the molecule is C=CCCc1ccccc1.CCCCCCN1CC(CCc2ccccc2)N=N1.CCCCCCN=[N+]=[N-]. The van der Waals surface area contributed by atoms with Gasteiger partial charge in [-0.15, -0.1) is 6.58 Å². The molecule has 0 radical (unpaired) electrons. The van der Waals surface area contributed by atoms with Crippen LogP contribution in [0.15, 0.2) is 88.8 Å². The average Bonchev–Trinajstić information content (AvgIpc) is 3.43. The Kier molecular flexibility index (Phi) is 21.0. The maximum Gasteiger partial charge on any atom is 0.0924 e. The predicted octanol–water partition coefficient (Wildman–Crippen LogP) is 9.93. The molecule has 0 aromatic heterocycles. The van der Waals surface area contributed by atoms with Gasteiger partial charge in [0.2, 0.25) is 0 Å². The van der Waals surface area contributed by atoms with E-state index in [9.17, 15) is 0 Å². The molecule has 38 heavy (non-hydrogen) atoms. The maximum absolute atomic E-state index is 7.88. The molecule has 0 aliphatic carbocycles. The molecule has 1 atom stereocenters. The minimum Gasteiger partial charge on any atom is -0.277 e. The number of hydrogen-bond donors (Lipinski definition) is 0. The van der Waals surface area contributed by atoms with Crippen LogP contribution in [0, 0.1) is 0 Å². The largest absolute Gasteiger partial charge is 0.277 e. The molecule has 1 aliphatic rings. The van der Waals surface area contributed by atoms with Crippen molar-refractivity contribution >= 4 is 0 Å². The van der Waals surface area contributed by atoms with Gasteiger partial charge >= 0.3 is 0 Å². The third-order valence-corrected chi connectivity index (χ3v) is 6.30. The Bertz CT molecular complexity index is 877. The molecule has 0 bridgehead atoms. The van der Waals surface area contributed by atoms with Gasteiger partial charge in [0.1, 0.15) is 0 Å². The fourth-order valence-corrected chi connectivity index (χ4v) is 4.01. The second kappa shape index (κ2) is 24.2. The second-order valence-corrected chi connectivity index (χ2v) is 9.68. The number of rotatable bonds is 16. The second-order valence-electron chi connectivity index (χ2n) is 9.68. The Morgan fingerprint density at radius 1 is 0.895 bits per heavy atom. The van der Waals surface area contributed by atoms with Crippen molar-refractivity contribution in [2.24, 2.45) is 15.5 Å². The van der Waals surface area contributed by atoms with Gasteiger partial charge in [-0.1, -0.05) is 129 Å². The van der Waals surface area contributed by atoms with Crippen LogP contribution in [0.25, 0.3) is 10.4 Å². The summed E-state index contributed by atoms with van der Waals surface area (Å²) >= 11 is 0. The summed E-state index contributed by atoms with van der Waals surface area (Å²) in [4.78, 5) is 2.66. The van der Waals surface area contributed by atoms with Crippen molar-refractivity contribution in [1.29, 1.82) is 0 Å². The molecule has 0 fully saturated rings. The van der Waals surface area contributed by atoms with Crippen LogP contribution in [-0.2, 0) is 12.8 Å². The molecular formula is C32H50N6. The summed E-state index contributed by atoms with van der Waals surface area (Å²) in [5.41, 5.74) is 10.7. The number of azide groups is 1. The highest BCUT2D eigenvalue weighted by Gasteiger charge is 2.18. The number of aryl methyl sites for hydroxylation is 2. The van der Waals surface area contributed by atoms with Gasteiger partial charge in [0.05, 0.1) is 12.6 Å². The molecule has 0 saturated heterocycles. The number of allylic oxidation sites excluding steroid dienone is 1. The van der Waals surface area contributed by atoms with Crippen LogP contribution in [-0.4, -0.2) is 30.7 Å². The van der Waals surface area contributed by atoms with Gasteiger partial charge < -0.3 is 0 Å². The molecule has 1 heterocycles. The molecule has 2 aromatic carbocycles. The Morgan fingerprint density at radius 3 is 2.08 bits per heavy atom. The first kappa shape index (κ1) is 32.9. The fraction of sp³-hybridized carbons (Fsp3) is 0.562. The van der Waals surface area contributed by atoms with Crippen LogP contribution in [0.1, 0.15) is 89.2 Å². The van der Waals surface area contributed by atoms with Crippen molar-refractivity contribution < 1.29 is 0 Å². The third-order valence-electron chi connectivity index (χ3n) is 6.30. The minimum absolute atomic E-state index is 0.395. The van der Waals surface area contributed by atoms with E-state index in [1.54, 1.807) is 0 Å². The van der Waals surface area contributed by atoms with Crippen LogP contribution in [0.5, 0.6) is 0 Å². The topological polar surface area (TPSA) is 76.7 Å². The maximum atomic E-state index is 7.88. The highest BCUT2D eigenvalue weighted by Crippen LogP contribution is 2.16. The van der Waals surface area contributed by atoms with Crippen molar-refractivity contribution in [2.75, 3.05) is 19.6 Å². The van der Waals surface area contributed by atoms with E-state index in [0.717, 1.165) is 45.2 Å². The lowest BCUT2D eigenvalue weighted by Gasteiger charge is -2.13. The molecule has 6 nitrogen and oxygen atoms in total. The molecule has 208 valence electrons. The van der Waals surface area contributed by atoms with E-state index >= 15 is 0 Å². The molecule has 6 heteroatoms. The van der Waals surface area contributed by atoms with Gasteiger partial charge in [-0.05, 0) is 55.2 Å². The lowest BCUT2D eigenvalue weighted by atomic mass is 10.1.